The van der Waals surface area contributed by atoms with Gasteiger partial charge in [0.05, 0.1) is 19.0 Å². The van der Waals surface area contributed by atoms with Crippen LogP contribution in [0.4, 0.5) is 10.5 Å². The van der Waals surface area contributed by atoms with Gasteiger partial charge in [-0.2, -0.15) is 5.10 Å². The Morgan fingerprint density at radius 2 is 2.35 bits per heavy atom. The van der Waals surface area contributed by atoms with Crippen molar-refractivity contribution in [2.24, 2.45) is 7.05 Å². The van der Waals surface area contributed by atoms with Crippen molar-refractivity contribution in [3.63, 3.8) is 0 Å². The maximum Gasteiger partial charge on any atom is 0.319 e. The highest BCUT2D eigenvalue weighted by Crippen LogP contribution is 2.33. The second-order valence-corrected chi connectivity index (χ2v) is 5.89. The van der Waals surface area contributed by atoms with Crippen LogP contribution in [0.2, 0.25) is 0 Å². The highest BCUT2D eigenvalue weighted by atomic mass is 16.5. The first-order valence-electron chi connectivity index (χ1n) is 7.86. The topological polar surface area (TPSA) is 68.2 Å². The number of hydrogen-bond donors (Lipinski definition) is 2. The number of ether oxygens (including phenoxy) is 1. The number of rotatable bonds is 4. The van der Waals surface area contributed by atoms with Gasteiger partial charge in [0.15, 0.2) is 0 Å². The van der Waals surface area contributed by atoms with Crippen molar-refractivity contribution in [2.45, 2.75) is 25.2 Å². The lowest BCUT2D eigenvalue weighted by molar-refractivity contribution is 0.251. The fourth-order valence-electron chi connectivity index (χ4n) is 3.11. The number of methoxy groups -OCH3 is 1. The summed E-state index contributed by atoms with van der Waals surface area (Å²) in [6.07, 6.45) is 6.69. The van der Waals surface area contributed by atoms with Gasteiger partial charge in [-0.25, -0.2) is 4.79 Å². The second kappa shape index (κ2) is 6.73. The molecule has 6 heteroatoms. The number of aryl methyl sites for hydroxylation is 2. The molecule has 2 aromatic rings. The maximum absolute atomic E-state index is 12.0. The number of amides is 2. The van der Waals surface area contributed by atoms with Crippen LogP contribution in [0.1, 0.15) is 29.9 Å². The predicted octanol–water partition coefficient (Wildman–Crippen LogP) is 2.67. The summed E-state index contributed by atoms with van der Waals surface area (Å²) in [4.78, 5) is 12.0. The van der Waals surface area contributed by atoms with E-state index in [1.54, 1.807) is 24.2 Å². The second-order valence-electron chi connectivity index (χ2n) is 5.89. The van der Waals surface area contributed by atoms with Gasteiger partial charge in [0.2, 0.25) is 0 Å². The molecule has 0 bridgehead atoms. The zero-order valence-electron chi connectivity index (χ0n) is 13.5. The first-order chi connectivity index (χ1) is 11.2. The van der Waals surface area contributed by atoms with E-state index in [0.29, 0.717) is 18.2 Å². The molecule has 2 N–H and O–H groups in total. The molecular weight excluding hydrogens is 292 g/mol. The van der Waals surface area contributed by atoms with Crippen LogP contribution in [0, 0.1) is 0 Å². The van der Waals surface area contributed by atoms with Crippen LogP contribution < -0.4 is 15.4 Å². The molecule has 0 saturated heterocycles. The molecule has 0 aliphatic heterocycles. The summed E-state index contributed by atoms with van der Waals surface area (Å²) in [6, 6.07) is 6.03. The third-order valence-corrected chi connectivity index (χ3v) is 4.26. The van der Waals surface area contributed by atoms with E-state index in [1.165, 1.54) is 11.1 Å². The SMILES string of the molecule is COc1ccc2c(c1)CCC[C@H]2CNC(=O)Nc1cnn(C)c1. The first kappa shape index (κ1) is 15.4. The number of benzene rings is 1. The Hall–Kier alpha value is -2.50. The minimum Gasteiger partial charge on any atom is -0.497 e. The van der Waals surface area contributed by atoms with Crippen molar-refractivity contribution >= 4 is 11.7 Å². The Morgan fingerprint density at radius 3 is 3.09 bits per heavy atom. The van der Waals surface area contributed by atoms with E-state index in [2.05, 4.69) is 27.9 Å². The molecule has 2 amide bonds. The zero-order chi connectivity index (χ0) is 16.2. The molecule has 6 nitrogen and oxygen atoms in total. The van der Waals surface area contributed by atoms with E-state index in [4.69, 9.17) is 4.74 Å². The van der Waals surface area contributed by atoms with Crippen molar-refractivity contribution in [3.05, 3.63) is 41.7 Å². The van der Waals surface area contributed by atoms with Crippen LogP contribution in [0.3, 0.4) is 0 Å². The van der Waals surface area contributed by atoms with Gasteiger partial charge in [0, 0.05) is 25.7 Å². The number of carbonyl (C=O) groups is 1. The molecule has 1 aromatic heterocycles. The largest absolute Gasteiger partial charge is 0.497 e. The van der Waals surface area contributed by atoms with Gasteiger partial charge in [-0.1, -0.05) is 6.07 Å². The normalized spacial score (nSPS) is 16.5. The fourth-order valence-corrected chi connectivity index (χ4v) is 3.11. The minimum atomic E-state index is -0.196. The van der Waals surface area contributed by atoms with Gasteiger partial charge < -0.3 is 15.4 Å². The van der Waals surface area contributed by atoms with E-state index >= 15 is 0 Å². The standard InChI is InChI=1S/C17H22N4O2/c1-21-11-14(10-19-21)20-17(22)18-9-13-5-3-4-12-8-15(23-2)6-7-16(12)13/h6-8,10-11,13H,3-5,9H2,1-2H3,(H2,18,20,22)/t13-/m0/s1. The average molecular weight is 314 g/mol. The number of carbonyl (C=O) groups excluding carboxylic acids is 1. The number of nitrogens with zero attached hydrogens (tertiary/aromatic N) is 2. The molecule has 0 radical (unpaired) electrons. The van der Waals surface area contributed by atoms with E-state index in [-0.39, 0.29) is 6.03 Å². The average Bonchev–Trinajstić information content (AvgIpc) is 2.97. The first-order valence-corrected chi connectivity index (χ1v) is 7.86. The lowest BCUT2D eigenvalue weighted by Crippen LogP contribution is -2.33. The molecule has 23 heavy (non-hydrogen) atoms. The molecule has 0 unspecified atom stereocenters. The zero-order valence-corrected chi connectivity index (χ0v) is 13.5. The van der Waals surface area contributed by atoms with Crippen molar-refractivity contribution < 1.29 is 9.53 Å². The number of aromatic nitrogens is 2. The Morgan fingerprint density at radius 1 is 1.48 bits per heavy atom. The number of urea groups is 1. The molecule has 1 aliphatic carbocycles. The molecule has 1 aromatic carbocycles. The van der Waals surface area contributed by atoms with E-state index < -0.39 is 0 Å². The molecular formula is C17H22N4O2. The van der Waals surface area contributed by atoms with Crippen LogP contribution in [0.25, 0.3) is 0 Å². The summed E-state index contributed by atoms with van der Waals surface area (Å²) in [5.74, 6) is 1.25. The summed E-state index contributed by atoms with van der Waals surface area (Å²) in [5, 5.41) is 9.78. The predicted molar refractivity (Wildman–Crippen MR) is 88.9 cm³/mol. The Bertz CT molecular complexity index is 696. The molecule has 1 aliphatic rings. The summed E-state index contributed by atoms with van der Waals surface area (Å²) < 4.78 is 6.95. The van der Waals surface area contributed by atoms with Crippen molar-refractivity contribution in [1.29, 1.82) is 0 Å². The van der Waals surface area contributed by atoms with Gasteiger partial charge in [-0.3, -0.25) is 4.68 Å². The number of nitrogens with one attached hydrogen (secondary N) is 2. The highest BCUT2D eigenvalue weighted by molar-refractivity contribution is 5.88. The summed E-state index contributed by atoms with van der Waals surface area (Å²) >= 11 is 0. The van der Waals surface area contributed by atoms with Crippen LogP contribution >= 0.6 is 0 Å². The molecule has 0 saturated carbocycles. The molecule has 1 heterocycles. The van der Waals surface area contributed by atoms with Crippen LogP contribution in [0.5, 0.6) is 5.75 Å². The molecule has 1 atom stereocenters. The van der Waals surface area contributed by atoms with Gasteiger partial charge in [-0.15, -0.1) is 0 Å². The Labute approximate surface area is 135 Å². The smallest absolute Gasteiger partial charge is 0.319 e. The molecule has 0 spiro atoms. The van der Waals surface area contributed by atoms with E-state index in [1.807, 2.05) is 13.1 Å². The quantitative estimate of drug-likeness (QED) is 0.911. The summed E-state index contributed by atoms with van der Waals surface area (Å²) in [6.45, 7) is 0.630. The number of fused-ring (bicyclic) bond motifs is 1. The monoisotopic (exact) mass is 314 g/mol. The van der Waals surface area contributed by atoms with Gasteiger partial charge >= 0.3 is 6.03 Å². The lowest BCUT2D eigenvalue weighted by atomic mass is 9.82. The third kappa shape index (κ3) is 3.64. The molecule has 122 valence electrons. The lowest BCUT2D eigenvalue weighted by Gasteiger charge is -2.26. The van der Waals surface area contributed by atoms with Gasteiger partial charge in [0.25, 0.3) is 0 Å². The van der Waals surface area contributed by atoms with E-state index in [0.717, 1.165) is 25.0 Å². The van der Waals surface area contributed by atoms with Gasteiger partial charge in [-0.05, 0) is 42.5 Å². The minimum absolute atomic E-state index is 0.196. The fraction of sp³-hybridized carbons (Fsp3) is 0.412. The third-order valence-electron chi connectivity index (χ3n) is 4.26. The van der Waals surface area contributed by atoms with Gasteiger partial charge in [0.1, 0.15) is 5.75 Å². The van der Waals surface area contributed by atoms with Crippen molar-refractivity contribution in [1.82, 2.24) is 15.1 Å². The van der Waals surface area contributed by atoms with Crippen LogP contribution in [-0.4, -0.2) is 29.5 Å². The summed E-state index contributed by atoms with van der Waals surface area (Å²) in [5.41, 5.74) is 3.34. The number of hydrogen-bond acceptors (Lipinski definition) is 3. The highest BCUT2D eigenvalue weighted by Gasteiger charge is 2.21. The van der Waals surface area contributed by atoms with Crippen molar-refractivity contribution in [2.75, 3.05) is 19.0 Å². The Kier molecular flexibility index (Phi) is 4.50. The maximum atomic E-state index is 12.0. The Balaban J connectivity index is 1.60. The summed E-state index contributed by atoms with van der Waals surface area (Å²) in [7, 11) is 3.50. The number of anilines is 1. The van der Waals surface area contributed by atoms with Crippen LogP contribution in [-0.2, 0) is 13.5 Å². The molecule has 0 fully saturated rings. The van der Waals surface area contributed by atoms with E-state index in [9.17, 15) is 4.79 Å². The van der Waals surface area contributed by atoms with Crippen LogP contribution in [0.15, 0.2) is 30.6 Å². The van der Waals surface area contributed by atoms with Crippen molar-refractivity contribution in [3.8, 4) is 5.75 Å². The molecule has 3 rings (SSSR count).